The van der Waals surface area contributed by atoms with Crippen LogP contribution in [-0.4, -0.2) is 4.57 Å². The van der Waals surface area contributed by atoms with Crippen molar-refractivity contribution in [2.24, 2.45) is 0 Å². The SMILES string of the molecule is Cc1ccccc1N(c1ccc(C=Cc2ccc3c(c2)C(C)(C)c2cc4c(cc2-3)c(C)c(C)n4-c2cccc3ccccc23)cc1)c1ccccc1F. The topological polar surface area (TPSA) is 8.17 Å². The first kappa shape index (κ1) is 32.7. The van der Waals surface area contributed by atoms with Gasteiger partial charge in [-0.15, -0.1) is 0 Å². The van der Waals surface area contributed by atoms with Crippen molar-refractivity contribution >= 4 is 50.9 Å². The van der Waals surface area contributed by atoms with Crippen molar-refractivity contribution in [3.63, 3.8) is 0 Å². The lowest BCUT2D eigenvalue weighted by molar-refractivity contribution is 0.629. The number of rotatable bonds is 6. The summed E-state index contributed by atoms with van der Waals surface area (Å²) in [5.41, 5.74) is 16.0. The monoisotopic (exact) mass is 688 g/mol. The average molecular weight is 689 g/mol. The highest BCUT2D eigenvalue weighted by atomic mass is 19.1. The molecule has 0 aliphatic heterocycles. The molecule has 3 heteroatoms. The summed E-state index contributed by atoms with van der Waals surface area (Å²) < 4.78 is 17.6. The minimum Gasteiger partial charge on any atom is -0.313 e. The summed E-state index contributed by atoms with van der Waals surface area (Å²) in [4.78, 5) is 1.99. The van der Waals surface area contributed by atoms with Gasteiger partial charge in [0.25, 0.3) is 0 Å². The van der Waals surface area contributed by atoms with Gasteiger partial charge in [-0.25, -0.2) is 4.39 Å². The molecule has 0 unspecified atom stereocenters. The van der Waals surface area contributed by atoms with E-state index in [-0.39, 0.29) is 11.2 Å². The fraction of sp³-hybridized carbons (Fsp3) is 0.120. The molecule has 0 amide bonds. The Morgan fingerprint density at radius 3 is 2.04 bits per heavy atom. The van der Waals surface area contributed by atoms with Crippen LogP contribution >= 0.6 is 0 Å². The second-order valence-corrected chi connectivity index (χ2v) is 14.9. The Bertz CT molecular complexity index is 2690. The molecule has 9 rings (SSSR count). The largest absolute Gasteiger partial charge is 0.313 e. The molecule has 1 aliphatic carbocycles. The number of para-hydroxylation sites is 2. The van der Waals surface area contributed by atoms with Crippen molar-refractivity contribution in [3.8, 4) is 16.8 Å². The van der Waals surface area contributed by atoms with Gasteiger partial charge in [-0.3, -0.25) is 0 Å². The van der Waals surface area contributed by atoms with Gasteiger partial charge in [0.05, 0.1) is 16.9 Å². The zero-order chi connectivity index (χ0) is 36.4. The molecule has 0 saturated heterocycles. The van der Waals surface area contributed by atoms with Crippen molar-refractivity contribution < 1.29 is 4.39 Å². The lowest BCUT2D eigenvalue weighted by Crippen LogP contribution is -2.15. The van der Waals surface area contributed by atoms with Crippen LogP contribution in [0.3, 0.4) is 0 Å². The van der Waals surface area contributed by atoms with Crippen molar-refractivity contribution in [2.45, 2.75) is 40.0 Å². The number of fused-ring (bicyclic) bond motifs is 5. The van der Waals surface area contributed by atoms with E-state index in [4.69, 9.17) is 0 Å². The van der Waals surface area contributed by atoms with Gasteiger partial charge >= 0.3 is 0 Å². The second-order valence-electron chi connectivity index (χ2n) is 14.9. The molecule has 258 valence electrons. The molecule has 0 saturated carbocycles. The van der Waals surface area contributed by atoms with E-state index in [0.29, 0.717) is 5.69 Å². The van der Waals surface area contributed by atoms with Crippen molar-refractivity contribution in [1.29, 1.82) is 0 Å². The maximum absolute atomic E-state index is 15.1. The van der Waals surface area contributed by atoms with Crippen LogP contribution in [0.5, 0.6) is 0 Å². The number of anilines is 3. The Kier molecular flexibility index (Phi) is 7.71. The molecule has 0 atom stereocenters. The molecule has 53 heavy (non-hydrogen) atoms. The Labute approximate surface area is 311 Å². The van der Waals surface area contributed by atoms with Gasteiger partial charge in [-0.2, -0.15) is 0 Å². The summed E-state index contributed by atoms with van der Waals surface area (Å²) in [6.45, 7) is 11.3. The summed E-state index contributed by atoms with van der Waals surface area (Å²) in [7, 11) is 0. The predicted octanol–water partition coefficient (Wildman–Crippen LogP) is 13.8. The molecule has 0 fully saturated rings. The van der Waals surface area contributed by atoms with Crippen LogP contribution in [0.2, 0.25) is 0 Å². The number of nitrogens with zero attached hydrogens (tertiary/aromatic N) is 2. The van der Waals surface area contributed by atoms with Gasteiger partial charge in [-0.1, -0.05) is 123 Å². The van der Waals surface area contributed by atoms with E-state index in [1.54, 1.807) is 6.07 Å². The first-order valence-corrected chi connectivity index (χ1v) is 18.4. The van der Waals surface area contributed by atoms with E-state index in [0.717, 1.165) is 22.5 Å². The molecule has 8 aromatic rings. The molecule has 1 aromatic heterocycles. The molecule has 0 N–H and O–H groups in total. The summed E-state index contributed by atoms with van der Waals surface area (Å²) in [6.07, 6.45) is 4.36. The number of aromatic nitrogens is 1. The molecule has 2 nitrogen and oxygen atoms in total. The van der Waals surface area contributed by atoms with Crippen molar-refractivity contribution in [3.05, 3.63) is 190 Å². The van der Waals surface area contributed by atoms with Crippen LogP contribution in [0.15, 0.2) is 146 Å². The highest BCUT2D eigenvalue weighted by molar-refractivity contribution is 5.99. The van der Waals surface area contributed by atoms with E-state index in [1.807, 2.05) is 35.2 Å². The van der Waals surface area contributed by atoms with E-state index >= 15 is 4.39 Å². The smallest absolute Gasteiger partial charge is 0.147 e. The quantitative estimate of drug-likeness (QED) is 0.158. The van der Waals surface area contributed by atoms with Gasteiger partial charge in [0.1, 0.15) is 5.82 Å². The van der Waals surface area contributed by atoms with E-state index in [2.05, 4.69) is 154 Å². The lowest BCUT2D eigenvalue weighted by Gasteiger charge is -2.27. The van der Waals surface area contributed by atoms with E-state index in [1.165, 1.54) is 72.5 Å². The maximum Gasteiger partial charge on any atom is 0.147 e. The number of aryl methyl sites for hydroxylation is 2. The molecule has 0 spiro atoms. The normalized spacial score (nSPS) is 13.2. The predicted molar refractivity (Wildman–Crippen MR) is 223 cm³/mol. The van der Waals surface area contributed by atoms with Crippen LogP contribution in [-0.2, 0) is 5.41 Å². The molecule has 1 aliphatic rings. The summed E-state index contributed by atoms with van der Waals surface area (Å²) in [5.74, 6) is -0.255. The van der Waals surface area contributed by atoms with Gasteiger partial charge in [0.2, 0.25) is 0 Å². The van der Waals surface area contributed by atoms with Crippen LogP contribution < -0.4 is 4.90 Å². The first-order chi connectivity index (χ1) is 25.7. The Hall–Kier alpha value is -6.19. The van der Waals surface area contributed by atoms with Gasteiger partial charge in [0.15, 0.2) is 0 Å². The highest BCUT2D eigenvalue weighted by Crippen LogP contribution is 2.51. The third-order valence-corrected chi connectivity index (χ3v) is 11.4. The van der Waals surface area contributed by atoms with E-state index in [9.17, 15) is 0 Å². The molecule has 0 radical (unpaired) electrons. The average Bonchev–Trinajstić information content (AvgIpc) is 3.55. The molecule has 0 bridgehead atoms. The molecule has 7 aromatic carbocycles. The number of hydrogen-bond acceptors (Lipinski definition) is 1. The standard InChI is InChI=1S/C50H41FN2/c1-32-13-6-10-18-46(32)53(48-19-11-9-17-45(48)51)38-26-23-35(24-27-38)21-22-36-25-28-40-42-30-41-33(2)34(3)52(47-20-12-15-37-14-7-8-16-39(37)47)49(41)31-44(42)50(4,5)43(40)29-36/h6-31H,1-5H3. The van der Waals surface area contributed by atoms with Crippen LogP contribution in [0.1, 0.15) is 52.9 Å². The second kappa shape index (κ2) is 12.5. The van der Waals surface area contributed by atoms with Gasteiger partial charge < -0.3 is 9.47 Å². The molecule has 1 heterocycles. The highest BCUT2D eigenvalue weighted by Gasteiger charge is 2.36. The minimum absolute atomic E-state index is 0.161. The van der Waals surface area contributed by atoms with E-state index < -0.39 is 0 Å². The van der Waals surface area contributed by atoms with Crippen LogP contribution in [0.4, 0.5) is 21.5 Å². The Balaban J connectivity index is 1.05. The number of halogens is 1. The van der Waals surface area contributed by atoms with Crippen molar-refractivity contribution in [2.75, 3.05) is 4.90 Å². The zero-order valence-electron chi connectivity index (χ0n) is 30.8. The Morgan fingerprint density at radius 1 is 0.585 bits per heavy atom. The van der Waals surface area contributed by atoms with Gasteiger partial charge in [-0.05, 0) is 119 Å². The Morgan fingerprint density at radius 2 is 1.25 bits per heavy atom. The lowest BCUT2D eigenvalue weighted by atomic mass is 9.81. The number of hydrogen-bond donors (Lipinski definition) is 0. The van der Waals surface area contributed by atoms with Crippen LogP contribution in [0.25, 0.3) is 50.6 Å². The third kappa shape index (κ3) is 5.30. The molecular weight excluding hydrogens is 648 g/mol. The minimum atomic E-state index is -0.255. The van der Waals surface area contributed by atoms with Gasteiger partial charge in [0, 0.05) is 33.3 Å². The van der Waals surface area contributed by atoms with Crippen molar-refractivity contribution in [1.82, 2.24) is 4.57 Å². The third-order valence-electron chi connectivity index (χ3n) is 11.4. The fourth-order valence-electron chi connectivity index (χ4n) is 8.42. The zero-order valence-corrected chi connectivity index (χ0v) is 30.8. The maximum atomic E-state index is 15.1. The first-order valence-electron chi connectivity index (χ1n) is 18.4. The van der Waals surface area contributed by atoms with Crippen LogP contribution in [0, 0.1) is 26.6 Å². The molecular formula is C50H41FN2. The summed E-state index contributed by atoms with van der Waals surface area (Å²) >= 11 is 0. The fourth-order valence-corrected chi connectivity index (χ4v) is 8.42. The summed E-state index contributed by atoms with van der Waals surface area (Å²) in [5, 5.41) is 3.82. The number of benzene rings is 7. The summed E-state index contributed by atoms with van der Waals surface area (Å²) in [6, 6.07) is 50.5.